The van der Waals surface area contributed by atoms with Gasteiger partial charge in [-0.3, -0.25) is 0 Å². The van der Waals surface area contributed by atoms with Gasteiger partial charge in [0.2, 0.25) is 0 Å². The quantitative estimate of drug-likeness (QED) is 0.677. The number of benzene rings is 1. The zero-order chi connectivity index (χ0) is 13.3. The molecule has 0 unspecified atom stereocenters. The zero-order valence-electron chi connectivity index (χ0n) is 12.0. The van der Waals surface area contributed by atoms with Gasteiger partial charge in [-0.1, -0.05) is 30.3 Å². The second kappa shape index (κ2) is 8.28. The summed E-state index contributed by atoms with van der Waals surface area (Å²) < 4.78 is 5.05. The van der Waals surface area contributed by atoms with Gasteiger partial charge in [0.1, 0.15) is 0 Å². The van der Waals surface area contributed by atoms with E-state index in [-0.39, 0.29) is 5.54 Å². The predicted octanol–water partition coefficient (Wildman–Crippen LogP) is 3.41. The van der Waals surface area contributed by atoms with Crippen LogP contribution in [0.25, 0.3) is 0 Å². The molecule has 0 aliphatic rings. The van der Waals surface area contributed by atoms with E-state index in [9.17, 15) is 0 Å². The molecule has 0 spiro atoms. The van der Waals surface area contributed by atoms with Crippen LogP contribution >= 0.6 is 0 Å². The predicted molar refractivity (Wildman–Crippen MR) is 78.0 cm³/mol. The second-order valence-corrected chi connectivity index (χ2v) is 5.50. The summed E-state index contributed by atoms with van der Waals surface area (Å²) in [4.78, 5) is 0. The smallest absolute Gasteiger partial charge is 0.0462 e. The van der Waals surface area contributed by atoms with Gasteiger partial charge in [0.25, 0.3) is 0 Å². The molecular formula is C16H27NO. The monoisotopic (exact) mass is 249 g/mol. The standard InChI is InChI=1S/C16H27NO/c1-16(2,17-13-7-8-14-18-3)12-11-15-9-5-4-6-10-15/h4-6,9-10,17H,7-8,11-14H2,1-3H3. The minimum Gasteiger partial charge on any atom is -0.385 e. The number of unbranched alkanes of at least 4 members (excludes halogenated alkanes) is 1. The molecule has 0 aliphatic carbocycles. The molecular weight excluding hydrogens is 222 g/mol. The highest BCUT2D eigenvalue weighted by Crippen LogP contribution is 2.13. The van der Waals surface area contributed by atoms with Crippen molar-refractivity contribution in [2.24, 2.45) is 0 Å². The molecule has 2 nitrogen and oxygen atoms in total. The number of aryl methyl sites for hydroxylation is 1. The van der Waals surface area contributed by atoms with E-state index in [0.717, 1.165) is 26.0 Å². The lowest BCUT2D eigenvalue weighted by Crippen LogP contribution is -2.40. The summed E-state index contributed by atoms with van der Waals surface area (Å²) in [6, 6.07) is 10.7. The maximum atomic E-state index is 5.05. The van der Waals surface area contributed by atoms with Gasteiger partial charge in [-0.2, -0.15) is 0 Å². The van der Waals surface area contributed by atoms with Crippen LogP contribution in [0.15, 0.2) is 30.3 Å². The van der Waals surface area contributed by atoms with Gasteiger partial charge in [-0.15, -0.1) is 0 Å². The molecule has 0 aliphatic heterocycles. The first-order valence-electron chi connectivity index (χ1n) is 6.92. The van der Waals surface area contributed by atoms with Gasteiger partial charge in [0.05, 0.1) is 0 Å². The molecule has 102 valence electrons. The Morgan fingerprint density at radius 3 is 2.50 bits per heavy atom. The largest absolute Gasteiger partial charge is 0.385 e. The molecule has 18 heavy (non-hydrogen) atoms. The molecule has 0 bridgehead atoms. The molecule has 1 rings (SSSR count). The summed E-state index contributed by atoms with van der Waals surface area (Å²) in [7, 11) is 1.76. The van der Waals surface area contributed by atoms with Crippen molar-refractivity contribution in [2.75, 3.05) is 20.3 Å². The topological polar surface area (TPSA) is 21.3 Å². The van der Waals surface area contributed by atoms with E-state index in [1.165, 1.54) is 18.4 Å². The summed E-state index contributed by atoms with van der Waals surface area (Å²) in [5, 5.41) is 3.63. The number of nitrogens with one attached hydrogen (secondary N) is 1. The average molecular weight is 249 g/mol. The maximum absolute atomic E-state index is 5.05. The molecule has 0 radical (unpaired) electrons. The Morgan fingerprint density at radius 2 is 1.83 bits per heavy atom. The fourth-order valence-corrected chi connectivity index (χ4v) is 1.99. The van der Waals surface area contributed by atoms with Crippen LogP contribution in [0.3, 0.4) is 0 Å². The average Bonchev–Trinajstić information content (AvgIpc) is 2.38. The summed E-state index contributed by atoms with van der Waals surface area (Å²) in [6.07, 6.45) is 4.63. The molecule has 2 heteroatoms. The van der Waals surface area contributed by atoms with Crippen LogP contribution in [-0.2, 0) is 11.2 Å². The molecule has 1 aromatic rings. The molecule has 0 aromatic heterocycles. The lowest BCUT2D eigenvalue weighted by molar-refractivity contribution is 0.191. The van der Waals surface area contributed by atoms with Gasteiger partial charge in [0.15, 0.2) is 0 Å². The third kappa shape index (κ3) is 6.77. The van der Waals surface area contributed by atoms with Crippen molar-refractivity contribution in [2.45, 2.75) is 45.1 Å². The van der Waals surface area contributed by atoms with E-state index in [1.807, 2.05) is 0 Å². The van der Waals surface area contributed by atoms with E-state index in [4.69, 9.17) is 4.74 Å². The maximum Gasteiger partial charge on any atom is 0.0462 e. The number of rotatable bonds is 9. The Bertz CT molecular complexity index is 308. The van der Waals surface area contributed by atoms with Gasteiger partial charge in [0, 0.05) is 19.3 Å². The number of methoxy groups -OCH3 is 1. The Balaban J connectivity index is 2.19. The molecule has 0 atom stereocenters. The Labute approximate surface area is 112 Å². The van der Waals surface area contributed by atoms with Gasteiger partial charge < -0.3 is 10.1 Å². The van der Waals surface area contributed by atoms with Crippen molar-refractivity contribution in [1.29, 1.82) is 0 Å². The number of hydrogen-bond donors (Lipinski definition) is 1. The zero-order valence-corrected chi connectivity index (χ0v) is 12.0. The van der Waals surface area contributed by atoms with Gasteiger partial charge in [-0.25, -0.2) is 0 Å². The normalized spacial score (nSPS) is 11.7. The molecule has 1 aromatic carbocycles. The third-order valence-corrected chi connectivity index (χ3v) is 3.26. The fourth-order valence-electron chi connectivity index (χ4n) is 1.99. The molecule has 0 heterocycles. The molecule has 0 saturated heterocycles. The highest BCUT2D eigenvalue weighted by atomic mass is 16.5. The minimum atomic E-state index is 0.211. The Morgan fingerprint density at radius 1 is 1.11 bits per heavy atom. The van der Waals surface area contributed by atoms with Crippen LogP contribution in [-0.4, -0.2) is 25.8 Å². The number of ether oxygens (including phenoxy) is 1. The third-order valence-electron chi connectivity index (χ3n) is 3.26. The second-order valence-electron chi connectivity index (χ2n) is 5.50. The summed E-state index contributed by atoms with van der Waals surface area (Å²) in [6.45, 7) is 6.51. The summed E-state index contributed by atoms with van der Waals surface area (Å²) in [5.41, 5.74) is 1.63. The fraction of sp³-hybridized carbons (Fsp3) is 0.625. The van der Waals surface area contributed by atoms with Crippen molar-refractivity contribution in [3.05, 3.63) is 35.9 Å². The first kappa shape index (κ1) is 15.2. The highest BCUT2D eigenvalue weighted by molar-refractivity contribution is 5.15. The molecule has 0 amide bonds. The Hall–Kier alpha value is -0.860. The SMILES string of the molecule is COCCCCNC(C)(C)CCc1ccccc1. The van der Waals surface area contributed by atoms with E-state index in [0.29, 0.717) is 0 Å². The van der Waals surface area contributed by atoms with Crippen LogP contribution < -0.4 is 5.32 Å². The van der Waals surface area contributed by atoms with Crippen LogP contribution in [0.2, 0.25) is 0 Å². The van der Waals surface area contributed by atoms with Crippen molar-refractivity contribution >= 4 is 0 Å². The van der Waals surface area contributed by atoms with E-state index in [2.05, 4.69) is 49.5 Å². The minimum absolute atomic E-state index is 0.211. The first-order chi connectivity index (χ1) is 8.64. The van der Waals surface area contributed by atoms with Crippen molar-refractivity contribution in [3.63, 3.8) is 0 Å². The summed E-state index contributed by atoms with van der Waals surface area (Å²) >= 11 is 0. The van der Waals surface area contributed by atoms with Crippen molar-refractivity contribution in [3.8, 4) is 0 Å². The van der Waals surface area contributed by atoms with E-state index >= 15 is 0 Å². The van der Waals surface area contributed by atoms with E-state index in [1.54, 1.807) is 7.11 Å². The van der Waals surface area contributed by atoms with Crippen LogP contribution in [0, 0.1) is 0 Å². The van der Waals surface area contributed by atoms with Gasteiger partial charge >= 0.3 is 0 Å². The highest BCUT2D eigenvalue weighted by Gasteiger charge is 2.15. The van der Waals surface area contributed by atoms with Crippen molar-refractivity contribution in [1.82, 2.24) is 5.32 Å². The van der Waals surface area contributed by atoms with Crippen molar-refractivity contribution < 1.29 is 4.74 Å². The lowest BCUT2D eigenvalue weighted by Gasteiger charge is -2.26. The van der Waals surface area contributed by atoms with E-state index < -0.39 is 0 Å². The number of hydrogen-bond acceptors (Lipinski definition) is 2. The van der Waals surface area contributed by atoms with Crippen LogP contribution in [0.4, 0.5) is 0 Å². The first-order valence-corrected chi connectivity index (χ1v) is 6.92. The lowest BCUT2D eigenvalue weighted by atomic mass is 9.95. The van der Waals surface area contributed by atoms with Gasteiger partial charge in [-0.05, 0) is 51.6 Å². The molecule has 1 N–H and O–H groups in total. The van der Waals surface area contributed by atoms with Crippen LogP contribution in [0.1, 0.15) is 38.7 Å². The van der Waals surface area contributed by atoms with Crippen LogP contribution in [0.5, 0.6) is 0 Å². The summed E-state index contributed by atoms with van der Waals surface area (Å²) in [5.74, 6) is 0. The molecule has 0 fully saturated rings. The molecule has 0 saturated carbocycles. The Kier molecular flexibility index (Phi) is 6.99.